The number of esters is 1. The van der Waals surface area contributed by atoms with Crippen LogP contribution in [0.15, 0.2) is 36.4 Å². The van der Waals surface area contributed by atoms with Crippen molar-refractivity contribution < 1.29 is 23.7 Å². The van der Waals surface area contributed by atoms with Gasteiger partial charge in [-0.2, -0.15) is 5.10 Å². The number of carbonyl (C=O) groups is 1. The van der Waals surface area contributed by atoms with Crippen molar-refractivity contribution in [1.29, 1.82) is 0 Å². The van der Waals surface area contributed by atoms with Crippen LogP contribution in [0, 0.1) is 0 Å². The van der Waals surface area contributed by atoms with Crippen LogP contribution in [-0.4, -0.2) is 54.2 Å². The highest BCUT2D eigenvalue weighted by molar-refractivity contribution is 5.95. The van der Waals surface area contributed by atoms with Crippen molar-refractivity contribution in [2.24, 2.45) is 0 Å². The van der Waals surface area contributed by atoms with Crippen molar-refractivity contribution in [3.05, 3.63) is 47.7 Å². The summed E-state index contributed by atoms with van der Waals surface area (Å²) in [4.78, 5) is 17.0. The minimum absolute atomic E-state index is 0.119. The molecule has 0 amide bonds. The summed E-state index contributed by atoms with van der Waals surface area (Å²) in [6.07, 6.45) is 0. The summed E-state index contributed by atoms with van der Waals surface area (Å²) in [5.41, 5.74) is 3.40. The van der Waals surface area contributed by atoms with E-state index in [2.05, 4.69) is 31.0 Å². The van der Waals surface area contributed by atoms with Gasteiger partial charge in [0.05, 0.1) is 45.0 Å². The summed E-state index contributed by atoms with van der Waals surface area (Å²) in [6.45, 7) is 6.33. The van der Waals surface area contributed by atoms with E-state index in [1.165, 1.54) is 7.11 Å². The number of nitrogens with one attached hydrogen (secondary N) is 1. The summed E-state index contributed by atoms with van der Waals surface area (Å²) in [7, 11) is 6.04. The molecule has 0 bridgehead atoms. The van der Waals surface area contributed by atoms with Gasteiger partial charge in [0, 0.05) is 22.7 Å². The standard InChI is InChI=1S/C25H28N4O5/c1-25(2,3)20-13-21(28-27-20)29-17-9-8-14(24(30)34-7)10-16(17)26-23(29)15-11-18(31-4)22(33-6)19(12-15)32-5/h8-13H,1-7H3,(H,27,28). The number of ether oxygens (including phenoxy) is 4. The molecule has 9 heteroatoms. The number of nitrogens with zero attached hydrogens (tertiary/aromatic N) is 3. The monoisotopic (exact) mass is 464 g/mol. The third-order valence-corrected chi connectivity index (χ3v) is 5.60. The highest BCUT2D eigenvalue weighted by Crippen LogP contribution is 2.42. The number of hydrogen-bond acceptors (Lipinski definition) is 7. The van der Waals surface area contributed by atoms with Crippen LogP contribution in [0.4, 0.5) is 0 Å². The third-order valence-electron chi connectivity index (χ3n) is 5.60. The lowest BCUT2D eigenvalue weighted by molar-refractivity contribution is 0.0601. The summed E-state index contributed by atoms with van der Waals surface area (Å²) in [5.74, 6) is 2.33. The summed E-state index contributed by atoms with van der Waals surface area (Å²) < 4.78 is 23.4. The number of methoxy groups -OCH3 is 4. The molecule has 4 aromatic rings. The summed E-state index contributed by atoms with van der Waals surface area (Å²) >= 11 is 0. The zero-order chi connectivity index (χ0) is 24.6. The number of imidazole rings is 1. The molecule has 0 saturated carbocycles. The molecule has 0 radical (unpaired) electrons. The molecule has 0 atom stereocenters. The molecular weight excluding hydrogens is 436 g/mol. The molecule has 0 unspecified atom stereocenters. The van der Waals surface area contributed by atoms with Crippen LogP contribution in [0.3, 0.4) is 0 Å². The van der Waals surface area contributed by atoms with Crippen LogP contribution in [0.25, 0.3) is 28.2 Å². The fourth-order valence-electron chi connectivity index (χ4n) is 3.77. The summed E-state index contributed by atoms with van der Waals surface area (Å²) in [6, 6.07) is 10.9. The zero-order valence-electron chi connectivity index (χ0n) is 20.3. The lowest BCUT2D eigenvalue weighted by atomic mass is 9.92. The molecule has 0 aliphatic heterocycles. The average Bonchev–Trinajstić information content (AvgIpc) is 3.46. The maximum absolute atomic E-state index is 12.1. The lowest BCUT2D eigenvalue weighted by Gasteiger charge is -2.15. The summed E-state index contributed by atoms with van der Waals surface area (Å²) in [5, 5.41) is 7.71. The van der Waals surface area contributed by atoms with E-state index in [-0.39, 0.29) is 5.41 Å². The number of aromatic nitrogens is 4. The van der Waals surface area contributed by atoms with Crippen LogP contribution < -0.4 is 14.2 Å². The van der Waals surface area contributed by atoms with E-state index >= 15 is 0 Å². The second-order valence-electron chi connectivity index (χ2n) is 8.77. The van der Waals surface area contributed by atoms with Crippen LogP contribution >= 0.6 is 0 Å². The predicted molar refractivity (Wildman–Crippen MR) is 128 cm³/mol. The van der Waals surface area contributed by atoms with E-state index in [9.17, 15) is 4.79 Å². The molecule has 0 spiro atoms. The minimum Gasteiger partial charge on any atom is -0.493 e. The van der Waals surface area contributed by atoms with Crippen LogP contribution in [-0.2, 0) is 10.2 Å². The van der Waals surface area contributed by atoms with Gasteiger partial charge in [0.2, 0.25) is 5.75 Å². The van der Waals surface area contributed by atoms with E-state index in [4.69, 9.17) is 23.9 Å². The Morgan fingerprint density at radius 2 is 1.62 bits per heavy atom. The molecule has 0 saturated heterocycles. The molecular formula is C25H28N4O5. The Hall–Kier alpha value is -4.01. The molecule has 1 N–H and O–H groups in total. The fourth-order valence-corrected chi connectivity index (χ4v) is 3.77. The van der Waals surface area contributed by atoms with Crippen LogP contribution in [0.5, 0.6) is 17.2 Å². The first-order valence-corrected chi connectivity index (χ1v) is 10.7. The largest absolute Gasteiger partial charge is 0.493 e. The second-order valence-corrected chi connectivity index (χ2v) is 8.77. The molecule has 178 valence electrons. The fraction of sp³-hybridized carbons (Fsp3) is 0.320. The van der Waals surface area contributed by atoms with Crippen molar-refractivity contribution in [1.82, 2.24) is 19.7 Å². The Bertz CT molecular complexity index is 1340. The first kappa shape index (κ1) is 23.2. The quantitative estimate of drug-likeness (QED) is 0.419. The number of H-pyrrole nitrogens is 1. The Kier molecular flexibility index (Phi) is 5.95. The molecule has 2 aromatic heterocycles. The maximum atomic E-state index is 12.1. The van der Waals surface area contributed by atoms with Gasteiger partial charge in [-0.15, -0.1) is 0 Å². The second kappa shape index (κ2) is 8.74. The number of carbonyl (C=O) groups excluding carboxylic acids is 1. The molecule has 2 heterocycles. The molecule has 0 aliphatic rings. The van der Waals surface area contributed by atoms with Gasteiger partial charge in [-0.25, -0.2) is 9.78 Å². The van der Waals surface area contributed by atoms with Crippen LogP contribution in [0.2, 0.25) is 0 Å². The van der Waals surface area contributed by atoms with Gasteiger partial charge in [0.25, 0.3) is 0 Å². The van der Waals surface area contributed by atoms with E-state index in [0.717, 1.165) is 16.8 Å². The normalized spacial score (nSPS) is 11.5. The maximum Gasteiger partial charge on any atom is 0.337 e. The Labute approximate surface area is 197 Å². The number of benzene rings is 2. The van der Waals surface area contributed by atoms with Crippen molar-refractivity contribution in [3.8, 4) is 34.5 Å². The highest BCUT2D eigenvalue weighted by atomic mass is 16.5. The first-order valence-electron chi connectivity index (χ1n) is 10.7. The van der Waals surface area contributed by atoms with Crippen molar-refractivity contribution >= 4 is 17.0 Å². The zero-order valence-corrected chi connectivity index (χ0v) is 20.3. The number of rotatable bonds is 6. The van der Waals surface area contributed by atoms with E-state index in [0.29, 0.717) is 40.0 Å². The van der Waals surface area contributed by atoms with Crippen molar-refractivity contribution in [2.45, 2.75) is 26.2 Å². The Balaban J connectivity index is 2.02. The van der Waals surface area contributed by atoms with Crippen molar-refractivity contribution in [2.75, 3.05) is 28.4 Å². The van der Waals surface area contributed by atoms with Gasteiger partial charge < -0.3 is 18.9 Å². The Morgan fingerprint density at radius 3 is 2.15 bits per heavy atom. The first-order chi connectivity index (χ1) is 16.2. The van der Waals surface area contributed by atoms with Gasteiger partial charge in [0.15, 0.2) is 17.3 Å². The van der Waals surface area contributed by atoms with Crippen LogP contribution in [0.1, 0.15) is 36.8 Å². The molecule has 9 nitrogen and oxygen atoms in total. The lowest BCUT2D eigenvalue weighted by Crippen LogP contribution is -2.11. The molecule has 0 aliphatic carbocycles. The molecule has 4 rings (SSSR count). The predicted octanol–water partition coefficient (Wildman–Crippen LogP) is 4.53. The van der Waals surface area contributed by atoms with Gasteiger partial charge in [-0.3, -0.25) is 9.67 Å². The minimum atomic E-state index is -0.430. The number of fused-ring (bicyclic) bond motifs is 1. The van der Waals surface area contributed by atoms with Gasteiger partial charge in [-0.1, -0.05) is 20.8 Å². The van der Waals surface area contributed by atoms with E-state index in [1.54, 1.807) is 33.5 Å². The SMILES string of the molecule is COC(=O)c1ccc2c(c1)nc(-c1cc(OC)c(OC)c(OC)c1)n2-c1cc(C(C)(C)C)[nH]n1. The number of hydrogen-bond donors (Lipinski definition) is 1. The van der Waals surface area contributed by atoms with E-state index < -0.39 is 5.97 Å². The molecule has 2 aromatic carbocycles. The number of aromatic amines is 1. The topological polar surface area (TPSA) is 100 Å². The average molecular weight is 465 g/mol. The van der Waals surface area contributed by atoms with Gasteiger partial charge in [-0.05, 0) is 30.3 Å². The smallest absolute Gasteiger partial charge is 0.337 e. The highest BCUT2D eigenvalue weighted by Gasteiger charge is 2.23. The van der Waals surface area contributed by atoms with Gasteiger partial charge >= 0.3 is 5.97 Å². The Morgan fingerprint density at radius 1 is 0.941 bits per heavy atom. The van der Waals surface area contributed by atoms with Crippen molar-refractivity contribution in [3.63, 3.8) is 0 Å². The van der Waals surface area contributed by atoms with E-state index in [1.807, 2.05) is 28.8 Å². The molecule has 0 fully saturated rings. The van der Waals surface area contributed by atoms with Gasteiger partial charge in [0.1, 0.15) is 5.82 Å². The molecule has 34 heavy (non-hydrogen) atoms. The third kappa shape index (κ3) is 3.93.